The molecule has 16 heavy (non-hydrogen) atoms. The number of alkyl halides is 4. The Hall–Kier alpha value is 0.0700. The highest BCUT2D eigenvalue weighted by atomic mass is 35.6. The lowest BCUT2D eigenvalue weighted by atomic mass is 10.4. The van der Waals surface area contributed by atoms with Gasteiger partial charge in [0.05, 0.1) is 0 Å². The number of thiophene rings is 1. The average Bonchev–Trinajstić information content (AvgIpc) is 2.65. The van der Waals surface area contributed by atoms with Gasteiger partial charge in [-0.15, -0.1) is 11.3 Å². The summed E-state index contributed by atoms with van der Waals surface area (Å²) in [5.41, 5.74) is -1.07. The molecule has 88 valence electrons. The molecule has 0 aliphatic rings. The first kappa shape index (κ1) is 14.1. The molecule has 0 fully saturated rings. The maximum Gasteiger partial charge on any atom is 0.245 e. The minimum Gasteiger partial charge on any atom is -0.333 e. The fourth-order valence-corrected chi connectivity index (χ4v) is 1.69. The number of carbonyl (C=O) groups is 1. The molecule has 1 heterocycles. The van der Waals surface area contributed by atoms with Crippen molar-refractivity contribution in [3.8, 4) is 0 Å². The van der Waals surface area contributed by atoms with Gasteiger partial charge in [-0.3, -0.25) is 4.79 Å². The Morgan fingerprint density at radius 3 is 2.69 bits per heavy atom. The van der Waals surface area contributed by atoms with E-state index >= 15 is 0 Å². The fourth-order valence-electron chi connectivity index (χ4n) is 0.799. The third-order valence-electron chi connectivity index (χ3n) is 1.50. The van der Waals surface area contributed by atoms with E-state index in [1.54, 1.807) is 6.08 Å². The lowest BCUT2D eigenvalue weighted by Crippen LogP contribution is -2.38. The van der Waals surface area contributed by atoms with Gasteiger partial charge in [0.2, 0.25) is 9.70 Å². The van der Waals surface area contributed by atoms with Crippen LogP contribution < -0.4 is 5.32 Å². The molecule has 0 saturated heterocycles. The highest BCUT2D eigenvalue weighted by molar-refractivity contribution is 7.10. The number of amides is 1. The van der Waals surface area contributed by atoms with Gasteiger partial charge in [-0.05, 0) is 17.5 Å². The summed E-state index contributed by atoms with van der Waals surface area (Å²) in [6.07, 6.45) is 2.99. The van der Waals surface area contributed by atoms with Crippen molar-refractivity contribution in [2.75, 3.05) is 0 Å². The second kappa shape index (κ2) is 6.12. The van der Waals surface area contributed by atoms with Gasteiger partial charge in [0, 0.05) is 11.0 Å². The summed E-state index contributed by atoms with van der Waals surface area (Å²) in [4.78, 5) is 12.3. The molecule has 0 bridgehead atoms. The van der Waals surface area contributed by atoms with E-state index in [4.69, 9.17) is 46.4 Å². The maximum atomic E-state index is 11.3. The van der Waals surface area contributed by atoms with E-state index in [0.29, 0.717) is 0 Å². The molecular formula is C9H7Cl4NOS. The number of rotatable bonds is 3. The molecule has 0 aliphatic heterocycles. The standard InChI is InChI=1S/C9H7Cl4NOS/c10-8(9(11,12)13)14-7(15)4-3-6-2-1-5-16-6/h1-5,8H,(H,14,15)/b4-3+. The van der Waals surface area contributed by atoms with Crippen molar-refractivity contribution in [2.24, 2.45) is 0 Å². The van der Waals surface area contributed by atoms with Gasteiger partial charge in [0.1, 0.15) is 0 Å². The zero-order valence-electron chi connectivity index (χ0n) is 7.79. The minimum atomic E-state index is -1.73. The smallest absolute Gasteiger partial charge is 0.245 e. The molecule has 0 spiro atoms. The molecule has 0 aliphatic carbocycles. The molecule has 1 unspecified atom stereocenters. The Bertz CT molecular complexity index is 371. The average molecular weight is 319 g/mol. The summed E-state index contributed by atoms with van der Waals surface area (Å²) >= 11 is 23.6. The van der Waals surface area contributed by atoms with Crippen LogP contribution >= 0.6 is 57.7 Å². The van der Waals surface area contributed by atoms with Crippen molar-refractivity contribution >= 4 is 69.7 Å². The van der Waals surface area contributed by atoms with Crippen LogP contribution in [0.2, 0.25) is 0 Å². The topological polar surface area (TPSA) is 29.1 Å². The molecule has 1 rings (SSSR count). The lowest BCUT2D eigenvalue weighted by molar-refractivity contribution is -0.116. The zero-order valence-corrected chi connectivity index (χ0v) is 11.6. The van der Waals surface area contributed by atoms with E-state index in [2.05, 4.69) is 5.32 Å². The van der Waals surface area contributed by atoms with Crippen LogP contribution in [0.1, 0.15) is 4.88 Å². The molecule has 0 saturated carbocycles. The van der Waals surface area contributed by atoms with E-state index in [1.807, 2.05) is 17.5 Å². The first-order valence-electron chi connectivity index (χ1n) is 4.12. The van der Waals surface area contributed by atoms with Crippen LogP contribution in [-0.4, -0.2) is 15.2 Å². The van der Waals surface area contributed by atoms with E-state index in [1.165, 1.54) is 17.4 Å². The molecule has 7 heteroatoms. The Morgan fingerprint density at radius 1 is 1.50 bits per heavy atom. The van der Waals surface area contributed by atoms with Gasteiger partial charge in [-0.2, -0.15) is 0 Å². The monoisotopic (exact) mass is 317 g/mol. The third kappa shape index (κ3) is 4.93. The molecular weight excluding hydrogens is 312 g/mol. The van der Waals surface area contributed by atoms with Gasteiger partial charge in [-0.1, -0.05) is 52.5 Å². The van der Waals surface area contributed by atoms with Gasteiger partial charge in [0.15, 0.2) is 5.50 Å². The van der Waals surface area contributed by atoms with Gasteiger partial charge >= 0.3 is 0 Å². The van der Waals surface area contributed by atoms with Crippen molar-refractivity contribution in [3.05, 3.63) is 28.5 Å². The Balaban J connectivity index is 2.48. The highest BCUT2D eigenvalue weighted by Crippen LogP contribution is 2.32. The molecule has 1 N–H and O–H groups in total. The van der Waals surface area contributed by atoms with Crippen LogP contribution in [0.15, 0.2) is 23.6 Å². The van der Waals surface area contributed by atoms with E-state index in [0.717, 1.165) is 4.88 Å². The quantitative estimate of drug-likeness (QED) is 0.512. The van der Waals surface area contributed by atoms with Crippen LogP contribution in [0.3, 0.4) is 0 Å². The molecule has 1 atom stereocenters. The van der Waals surface area contributed by atoms with E-state index in [9.17, 15) is 4.79 Å². The van der Waals surface area contributed by atoms with Crippen molar-refractivity contribution in [1.29, 1.82) is 0 Å². The van der Waals surface area contributed by atoms with Crippen LogP contribution in [0.4, 0.5) is 0 Å². The van der Waals surface area contributed by atoms with E-state index < -0.39 is 15.2 Å². The number of carbonyl (C=O) groups excluding carboxylic acids is 1. The van der Waals surface area contributed by atoms with E-state index in [-0.39, 0.29) is 0 Å². The number of halogens is 4. The summed E-state index contributed by atoms with van der Waals surface area (Å²) in [6, 6.07) is 3.76. The van der Waals surface area contributed by atoms with Gasteiger partial charge < -0.3 is 5.32 Å². The first-order valence-corrected chi connectivity index (χ1v) is 6.57. The number of hydrogen-bond acceptors (Lipinski definition) is 2. The molecule has 1 aromatic rings. The maximum absolute atomic E-state index is 11.3. The minimum absolute atomic E-state index is 0.417. The van der Waals surface area contributed by atoms with Crippen molar-refractivity contribution in [3.63, 3.8) is 0 Å². The Morgan fingerprint density at radius 2 is 2.19 bits per heavy atom. The highest BCUT2D eigenvalue weighted by Gasteiger charge is 2.31. The molecule has 1 aromatic heterocycles. The summed E-state index contributed by atoms with van der Waals surface area (Å²) in [5, 5.41) is 4.24. The largest absolute Gasteiger partial charge is 0.333 e. The number of nitrogens with one attached hydrogen (secondary N) is 1. The normalized spacial score (nSPS) is 14.0. The number of hydrogen-bond donors (Lipinski definition) is 1. The Kier molecular flexibility index (Phi) is 5.41. The summed E-state index contributed by atoms with van der Waals surface area (Å²) < 4.78 is -1.73. The summed E-state index contributed by atoms with van der Waals surface area (Å²) in [7, 11) is 0. The fraction of sp³-hybridized carbons (Fsp3) is 0.222. The Labute approximate surface area is 117 Å². The molecule has 1 amide bonds. The van der Waals surface area contributed by atoms with Crippen LogP contribution in [-0.2, 0) is 4.79 Å². The van der Waals surface area contributed by atoms with Crippen LogP contribution in [0, 0.1) is 0 Å². The van der Waals surface area contributed by atoms with Crippen molar-refractivity contribution in [2.45, 2.75) is 9.29 Å². The van der Waals surface area contributed by atoms with Crippen LogP contribution in [0.5, 0.6) is 0 Å². The van der Waals surface area contributed by atoms with Crippen molar-refractivity contribution in [1.82, 2.24) is 5.32 Å². The summed E-state index contributed by atoms with van der Waals surface area (Å²) in [5.74, 6) is -0.417. The van der Waals surface area contributed by atoms with Crippen LogP contribution in [0.25, 0.3) is 6.08 Å². The second-order valence-corrected chi connectivity index (χ2v) is 6.55. The zero-order chi connectivity index (χ0) is 12.2. The lowest BCUT2D eigenvalue weighted by Gasteiger charge is -2.18. The first-order chi connectivity index (χ1) is 7.39. The van der Waals surface area contributed by atoms with Gasteiger partial charge in [0.25, 0.3) is 0 Å². The molecule has 2 nitrogen and oxygen atoms in total. The third-order valence-corrected chi connectivity index (χ3v) is 3.76. The molecule has 0 aromatic carbocycles. The van der Waals surface area contributed by atoms with Crippen molar-refractivity contribution < 1.29 is 4.79 Å². The van der Waals surface area contributed by atoms with Gasteiger partial charge in [-0.25, -0.2) is 0 Å². The summed E-state index contributed by atoms with van der Waals surface area (Å²) in [6.45, 7) is 0. The second-order valence-electron chi connectivity index (χ2n) is 2.76. The predicted molar refractivity (Wildman–Crippen MR) is 71.4 cm³/mol. The molecule has 0 radical (unpaired) electrons. The predicted octanol–water partition coefficient (Wildman–Crippen LogP) is 3.81. The SMILES string of the molecule is O=C(/C=C/c1cccs1)NC(Cl)C(Cl)(Cl)Cl.